The van der Waals surface area contributed by atoms with Crippen LogP contribution in [0.15, 0.2) is 18.2 Å². The highest BCUT2D eigenvalue weighted by Gasteiger charge is 2.66. The molecule has 4 unspecified atom stereocenters. The van der Waals surface area contributed by atoms with Crippen LogP contribution in [0.1, 0.15) is 36.8 Å². The van der Waals surface area contributed by atoms with Gasteiger partial charge in [0.2, 0.25) is 5.91 Å². The zero-order valence-corrected chi connectivity index (χ0v) is 18.4. The summed E-state index contributed by atoms with van der Waals surface area (Å²) in [4.78, 5) is 30.3. The van der Waals surface area contributed by atoms with E-state index in [4.69, 9.17) is 9.47 Å². The Morgan fingerprint density at radius 3 is 2.81 bits per heavy atom. The normalized spacial score (nSPS) is 35.3. The number of nitrogens with zero attached hydrogens (tertiary/aromatic N) is 2. The van der Waals surface area contributed by atoms with Crippen molar-refractivity contribution >= 4 is 11.7 Å². The molecular weight excluding hydrogens is 396 g/mol. The summed E-state index contributed by atoms with van der Waals surface area (Å²) in [6.45, 7) is 3.08. The van der Waals surface area contributed by atoms with Crippen molar-refractivity contribution in [2.45, 2.75) is 49.2 Å². The molecule has 1 saturated carbocycles. The highest BCUT2D eigenvalue weighted by atomic mass is 16.5. The first-order valence-corrected chi connectivity index (χ1v) is 11.4. The first-order chi connectivity index (χ1) is 14.9. The SMILES string of the molecule is COc1ccc2c(c1)C13CCN(C)C(C2)C1(O)CC(CC(=O)N1CCOCC1)C(=O)C3. The molecule has 5 rings (SSSR count). The minimum Gasteiger partial charge on any atom is -0.497 e. The maximum Gasteiger partial charge on any atom is 0.223 e. The second kappa shape index (κ2) is 7.57. The third-order valence-electron chi connectivity index (χ3n) is 8.32. The molecule has 2 aliphatic heterocycles. The molecule has 168 valence electrons. The fourth-order valence-corrected chi connectivity index (χ4v) is 6.57. The van der Waals surface area contributed by atoms with Gasteiger partial charge in [-0.15, -0.1) is 0 Å². The number of ether oxygens (including phenoxy) is 2. The number of likely N-dealkylation sites (tertiary alicyclic amines) is 1. The minimum absolute atomic E-state index is 0.00223. The first kappa shape index (κ1) is 20.9. The van der Waals surface area contributed by atoms with Gasteiger partial charge in [0.15, 0.2) is 0 Å². The minimum atomic E-state index is -1.04. The predicted octanol–water partition coefficient (Wildman–Crippen LogP) is 1.15. The maximum absolute atomic E-state index is 13.4. The standard InChI is InChI=1S/C24H32N2O5/c1-25-6-5-23-15-20(27)17(12-22(28)26-7-9-31-10-8-26)14-24(23,29)21(25)11-16-3-4-18(30-2)13-19(16)23/h3-4,13,17,21,29H,5-12,14-15H2,1-2H3. The molecule has 7 heteroatoms. The highest BCUT2D eigenvalue weighted by molar-refractivity contribution is 5.89. The third kappa shape index (κ3) is 3.12. The lowest BCUT2D eigenvalue weighted by Gasteiger charge is -2.63. The van der Waals surface area contributed by atoms with Gasteiger partial charge in [0.25, 0.3) is 0 Å². The van der Waals surface area contributed by atoms with Crippen LogP contribution in [-0.2, 0) is 26.2 Å². The molecule has 3 fully saturated rings. The molecule has 1 amide bonds. The van der Waals surface area contributed by atoms with E-state index in [1.807, 2.05) is 12.1 Å². The quantitative estimate of drug-likeness (QED) is 0.778. The summed E-state index contributed by atoms with van der Waals surface area (Å²) in [7, 11) is 3.70. The number of carbonyl (C=O) groups is 2. The predicted molar refractivity (Wildman–Crippen MR) is 114 cm³/mol. The number of hydrogen-bond donors (Lipinski definition) is 1. The lowest BCUT2D eigenvalue weighted by atomic mass is 9.47. The smallest absolute Gasteiger partial charge is 0.223 e. The number of ketones is 1. The van der Waals surface area contributed by atoms with Crippen LogP contribution in [0.3, 0.4) is 0 Å². The molecule has 1 aromatic carbocycles. The Morgan fingerprint density at radius 2 is 2.06 bits per heavy atom. The molecule has 31 heavy (non-hydrogen) atoms. The van der Waals surface area contributed by atoms with Crippen molar-refractivity contribution in [3.63, 3.8) is 0 Å². The number of amides is 1. The van der Waals surface area contributed by atoms with Crippen LogP contribution >= 0.6 is 0 Å². The Bertz CT molecular complexity index is 898. The van der Waals surface area contributed by atoms with Gasteiger partial charge in [-0.05, 0) is 56.1 Å². The Morgan fingerprint density at radius 1 is 1.29 bits per heavy atom. The molecule has 1 N–H and O–H groups in total. The lowest BCUT2D eigenvalue weighted by Crippen LogP contribution is -2.73. The summed E-state index contributed by atoms with van der Waals surface area (Å²) in [5.41, 5.74) is 0.605. The summed E-state index contributed by atoms with van der Waals surface area (Å²) < 4.78 is 10.8. The van der Waals surface area contributed by atoms with E-state index in [9.17, 15) is 14.7 Å². The number of likely N-dealkylation sites (N-methyl/N-ethyl adjacent to an activating group) is 1. The van der Waals surface area contributed by atoms with Gasteiger partial charge in [-0.2, -0.15) is 0 Å². The van der Waals surface area contributed by atoms with Crippen LogP contribution in [0.25, 0.3) is 0 Å². The van der Waals surface area contributed by atoms with Gasteiger partial charge in [0.05, 0.1) is 25.9 Å². The average Bonchev–Trinajstić information content (AvgIpc) is 2.77. The van der Waals surface area contributed by atoms with E-state index in [-0.39, 0.29) is 30.6 Å². The van der Waals surface area contributed by atoms with E-state index in [2.05, 4.69) is 18.0 Å². The largest absolute Gasteiger partial charge is 0.497 e. The first-order valence-electron chi connectivity index (χ1n) is 11.4. The number of piperidine rings is 1. The number of fused-ring (bicyclic) bond motifs is 1. The number of Topliss-reactive ketones (excluding diaryl/α,β-unsaturated/α-hetero) is 1. The fourth-order valence-electron chi connectivity index (χ4n) is 6.57. The number of methoxy groups -OCH3 is 1. The number of morpholine rings is 1. The molecule has 0 spiro atoms. The lowest BCUT2D eigenvalue weighted by molar-refractivity contribution is -0.179. The highest BCUT2D eigenvalue weighted by Crippen LogP contribution is 2.58. The average molecular weight is 429 g/mol. The topological polar surface area (TPSA) is 79.3 Å². The van der Waals surface area contributed by atoms with E-state index >= 15 is 0 Å². The molecule has 2 saturated heterocycles. The molecule has 4 atom stereocenters. The number of rotatable bonds is 3. The van der Waals surface area contributed by atoms with Crippen molar-refractivity contribution in [2.75, 3.05) is 47.0 Å². The monoisotopic (exact) mass is 428 g/mol. The summed E-state index contributed by atoms with van der Waals surface area (Å²) in [5, 5.41) is 12.3. The van der Waals surface area contributed by atoms with Crippen LogP contribution in [0, 0.1) is 5.92 Å². The molecule has 2 bridgehead atoms. The number of benzene rings is 1. The summed E-state index contributed by atoms with van der Waals surface area (Å²) in [6, 6.07) is 6.01. The third-order valence-corrected chi connectivity index (χ3v) is 8.32. The number of aliphatic hydroxyl groups is 1. The Labute approximate surface area is 183 Å². The van der Waals surface area contributed by atoms with Gasteiger partial charge in [-0.3, -0.25) is 9.59 Å². The summed E-state index contributed by atoms with van der Waals surface area (Å²) in [5.74, 6) is 0.419. The molecule has 1 aromatic rings. The fraction of sp³-hybridized carbons (Fsp3) is 0.667. The van der Waals surface area contributed by atoms with Gasteiger partial charge in [-0.25, -0.2) is 0 Å². The Balaban J connectivity index is 1.49. The van der Waals surface area contributed by atoms with E-state index in [1.54, 1.807) is 12.0 Å². The van der Waals surface area contributed by atoms with Gasteiger partial charge >= 0.3 is 0 Å². The van der Waals surface area contributed by atoms with Gasteiger partial charge in [0, 0.05) is 43.3 Å². The molecule has 0 radical (unpaired) electrons. The van der Waals surface area contributed by atoms with Gasteiger partial charge in [0.1, 0.15) is 11.5 Å². The number of hydrogen-bond acceptors (Lipinski definition) is 6. The van der Waals surface area contributed by atoms with E-state index < -0.39 is 16.9 Å². The molecule has 2 aliphatic carbocycles. The Hall–Kier alpha value is -1.96. The van der Waals surface area contributed by atoms with E-state index in [1.165, 1.54) is 5.56 Å². The van der Waals surface area contributed by atoms with Crippen LogP contribution in [0.2, 0.25) is 0 Å². The second-order valence-electron chi connectivity index (χ2n) is 9.72. The van der Waals surface area contributed by atoms with Crippen molar-refractivity contribution in [1.82, 2.24) is 9.80 Å². The zero-order chi connectivity index (χ0) is 21.8. The van der Waals surface area contributed by atoms with Crippen molar-refractivity contribution in [2.24, 2.45) is 5.92 Å². The maximum atomic E-state index is 13.4. The van der Waals surface area contributed by atoms with E-state index in [0.717, 1.165) is 30.7 Å². The number of carbonyl (C=O) groups excluding carboxylic acids is 2. The van der Waals surface area contributed by atoms with E-state index in [0.29, 0.717) is 32.7 Å². The molecule has 4 aliphatic rings. The van der Waals surface area contributed by atoms with Gasteiger partial charge < -0.3 is 24.4 Å². The zero-order valence-electron chi connectivity index (χ0n) is 18.4. The molecule has 2 heterocycles. The second-order valence-corrected chi connectivity index (χ2v) is 9.72. The van der Waals surface area contributed by atoms with Gasteiger partial charge in [-0.1, -0.05) is 6.07 Å². The van der Waals surface area contributed by atoms with Crippen molar-refractivity contribution in [3.05, 3.63) is 29.3 Å². The van der Waals surface area contributed by atoms with Crippen molar-refractivity contribution in [3.8, 4) is 5.75 Å². The van der Waals surface area contributed by atoms with Crippen LogP contribution in [-0.4, -0.2) is 85.2 Å². The van der Waals surface area contributed by atoms with Crippen molar-refractivity contribution in [1.29, 1.82) is 0 Å². The van der Waals surface area contributed by atoms with Crippen LogP contribution in [0.4, 0.5) is 0 Å². The molecule has 7 nitrogen and oxygen atoms in total. The van der Waals surface area contributed by atoms with Crippen molar-refractivity contribution < 1.29 is 24.2 Å². The molecule has 0 aromatic heterocycles. The summed E-state index contributed by atoms with van der Waals surface area (Å²) >= 11 is 0. The van der Waals surface area contributed by atoms with Crippen LogP contribution < -0.4 is 4.74 Å². The Kier molecular flexibility index (Phi) is 5.11. The summed E-state index contributed by atoms with van der Waals surface area (Å²) in [6.07, 6.45) is 2.28. The molecular formula is C24H32N2O5. The van der Waals surface area contributed by atoms with Crippen LogP contribution in [0.5, 0.6) is 5.75 Å².